The second-order valence-electron chi connectivity index (χ2n) is 6.76. The summed E-state index contributed by atoms with van der Waals surface area (Å²) in [4.78, 5) is 32.4. The second kappa shape index (κ2) is 10.7. The molecule has 0 fully saturated rings. The summed E-state index contributed by atoms with van der Waals surface area (Å²) < 4.78 is 12.2. The third-order valence-corrected chi connectivity index (χ3v) is 5.67. The van der Waals surface area contributed by atoms with Crippen molar-refractivity contribution in [2.45, 2.75) is 5.16 Å². The molecule has 1 aromatic heterocycles. The molecular weight excluding hydrogens is 426 g/mol. The van der Waals surface area contributed by atoms with Crippen molar-refractivity contribution in [2.24, 2.45) is 0 Å². The van der Waals surface area contributed by atoms with Crippen LogP contribution in [0.3, 0.4) is 0 Å². The van der Waals surface area contributed by atoms with Crippen molar-refractivity contribution in [3.05, 3.63) is 78.1 Å². The first-order chi connectivity index (χ1) is 15.5. The summed E-state index contributed by atoms with van der Waals surface area (Å²) in [6.45, 7) is 8.23. The Morgan fingerprint density at radius 2 is 1.78 bits per heavy atom. The predicted molar refractivity (Wildman–Crippen MR) is 128 cm³/mol. The fourth-order valence-corrected chi connectivity index (χ4v) is 4.12. The fraction of sp³-hybridized carbons (Fsp3) is 0.208. The second-order valence-corrected chi connectivity index (χ2v) is 7.70. The lowest BCUT2D eigenvalue weighted by molar-refractivity contribution is -0.127. The van der Waals surface area contributed by atoms with Crippen LogP contribution >= 0.6 is 11.8 Å². The summed E-state index contributed by atoms with van der Waals surface area (Å²) in [7, 11) is 3.08. The molecule has 3 aromatic rings. The first-order valence-electron chi connectivity index (χ1n) is 9.90. The number of methoxy groups -OCH3 is 2. The van der Waals surface area contributed by atoms with Crippen LogP contribution in [-0.4, -0.2) is 53.4 Å². The van der Waals surface area contributed by atoms with Crippen molar-refractivity contribution in [1.29, 1.82) is 0 Å². The average molecular weight is 452 g/mol. The molecule has 0 spiro atoms. The van der Waals surface area contributed by atoms with Crippen molar-refractivity contribution in [1.82, 2.24) is 14.5 Å². The standard InChI is InChI=1S/C24H25N3O4S/c1-5-13-26(14-6-2)22(28)16-32-24-25-19-10-8-7-9-18(19)23(29)27(24)17-11-12-20(30-3)21(15-17)31-4/h5-12,15H,1-2,13-14,16H2,3-4H3. The number of hydrogen-bond donors (Lipinski definition) is 0. The number of para-hydroxylation sites is 1. The largest absolute Gasteiger partial charge is 0.493 e. The zero-order valence-electron chi connectivity index (χ0n) is 18.1. The molecule has 0 saturated carbocycles. The van der Waals surface area contributed by atoms with Crippen LogP contribution in [0.1, 0.15) is 0 Å². The van der Waals surface area contributed by atoms with Crippen molar-refractivity contribution in [2.75, 3.05) is 33.1 Å². The Morgan fingerprint density at radius 1 is 1.09 bits per heavy atom. The molecule has 3 rings (SSSR count). The highest BCUT2D eigenvalue weighted by Gasteiger charge is 2.18. The SMILES string of the molecule is C=CCN(CC=C)C(=O)CSc1nc2ccccc2c(=O)n1-c1ccc(OC)c(OC)c1. The first-order valence-corrected chi connectivity index (χ1v) is 10.9. The van der Waals surface area contributed by atoms with Gasteiger partial charge in [0, 0.05) is 19.2 Å². The number of ether oxygens (including phenoxy) is 2. The molecule has 1 amide bonds. The van der Waals surface area contributed by atoms with Gasteiger partial charge in [0.05, 0.1) is 36.6 Å². The maximum absolute atomic E-state index is 13.4. The van der Waals surface area contributed by atoms with E-state index in [0.717, 1.165) is 0 Å². The van der Waals surface area contributed by atoms with Gasteiger partial charge in [0.25, 0.3) is 5.56 Å². The summed E-state index contributed by atoms with van der Waals surface area (Å²) in [6, 6.07) is 12.3. The third-order valence-electron chi connectivity index (χ3n) is 4.75. The molecule has 32 heavy (non-hydrogen) atoms. The molecule has 166 valence electrons. The number of thioether (sulfide) groups is 1. The number of nitrogens with zero attached hydrogens (tertiary/aromatic N) is 3. The van der Waals surface area contributed by atoms with Gasteiger partial charge in [0.2, 0.25) is 5.91 Å². The van der Waals surface area contributed by atoms with Crippen LogP contribution in [0.5, 0.6) is 11.5 Å². The molecule has 7 nitrogen and oxygen atoms in total. The number of amides is 1. The van der Waals surface area contributed by atoms with E-state index in [0.29, 0.717) is 46.3 Å². The van der Waals surface area contributed by atoms with E-state index < -0.39 is 0 Å². The van der Waals surface area contributed by atoms with Crippen LogP contribution in [0.15, 0.2) is 77.7 Å². The number of rotatable bonds is 10. The van der Waals surface area contributed by atoms with Crippen LogP contribution in [0.2, 0.25) is 0 Å². The van der Waals surface area contributed by atoms with E-state index in [1.54, 1.807) is 60.6 Å². The molecule has 0 N–H and O–H groups in total. The summed E-state index contributed by atoms with van der Waals surface area (Å²) in [5.74, 6) is 1.04. The molecule has 0 bridgehead atoms. The molecule has 0 radical (unpaired) electrons. The van der Waals surface area contributed by atoms with Gasteiger partial charge in [-0.05, 0) is 24.3 Å². The molecule has 0 saturated heterocycles. The summed E-state index contributed by atoms with van der Waals surface area (Å²) in [6.07, 6.45) is 3.33. The van der Waals surface area contributed by atoms with E-state index in [2.05, 4.69) is 18.1 Å². The number of aromatic nitrogens is 2. The van der Waals surface area contributed by atoms with E-state index >= 15 is 0 Å². The molecule has 0 unspecified atom stereocenters. The number of carbonyl (C=O) groups is 1. The van der Waals surface area contributed by atoms with E-state index in [1.807, 2.05) is 6.07 Å². The Balaban J connectivity index is 2.07. The highest BCUT2D eigenvalue weighted by atomic mass is 32.2. The number of hydrogen-bond acceptors (Lipinski definition) is 6. The number of fused-ring (bicyclic) bond motifs is 1. The van der Waals surface area contributed by atoms with Gasteiger partial charge in [-0.2, -0.15) is 0 Å². The summed E-state index contributed by atoms with van der Waals surface area (Å²) in [5, 5.41) is 0.893. The quantitative estimate of drug-likeness (QED) is 0.266. The zero-order valence-corrected chi connectivity index (χ0v) is 18.9. The Kier molecular flexibility index (Phi) is 7.72. The van der Waals surface area contributed by atoms with Gasteiger partial charge in [-0.3, -0.25) is 14.2 Å². The van der Waals surface area contributed by atoms with Crippen molar-refractivity contribution in [3.8, 4) is 17.2 Å². The molecule has 0 atom stereocenters. The lowest BCUT2D eigenvalue weighted by Crippen LogP contribution is -2.33. The Hall–Kier alpha value is -3.52. The van der Waals surface area contributed by atoms with Gasteiger partial charge in [-0.25, -0.2) is 4.98 Å². The molecule has 0 aliphatic carbocycles. The fourth-order valence-electron chi connectivity index (χ4n) is 3.21. The predicted octanol–water partition coefficient (Wildman–Crippen LogP) is 3.70. The Bertz CT molecular complexity index is 1200. The summed E-state index contributed by atoms with van der Waals surface area (Å²) >= 11 is 1.20. The maximum atomic E-state index is 13.4. The van der Waals surface area contributed by atoms with Crippen molar-refractivity contribution in [3.63, 3.8) is 0 Å². The smallest absolute Gasteiger partial charge is 0.266 e. The van der Waals surface area contributed by atoms with Crippen LogP contribution in [0, 0.1) is 0 Å². The average Bonchev–Trinajstić information content (AvgIpc) is 2.82. The van der Waals surface area contributed by atoms with Crippen molar-refractivity contribution >= 4 is 28.6 Å². The number of carbonyl (C=O) groups excluding carboxylic acids is 1. The van der Waals surface area contributed by atoms with Gasteiger partial charge in [0.1, 0.15) is 0 Å². The van der Waals surface area contributed by atoms with Gasteiger partial charge >= 0.3 is 0 Å². The maximum Gasteiger partial charge on any atom is 0.266 e. The molecule has 1 heterocycles. The zero-order chi connectivity index (χ0) is 23.1. The highest BCUT2D eigenvalue weighted by Crippen LogP contribution is 2.30. The topological polar surface area (TPSA) is 73.7 Å². The van der Waals surface area contributed by atoms with Crippen LogP contribution in [-0.2, 0) is 4.79 Å². The third kappa shape index (κ3) is 4.86. The van der Waals surface area contributed by atoms with E-state index in [-0.39, 0.29) is 17.2 Å². The van der Waals surface area contributed by atoms with Crippen LogP contribution in [0.25, 0.3) is 16.6 Å². The first kappa shape index (κ1) is 23.1. The van der Waals surface area contributed by atoms with Gasteiger partial charge in [0.15, 0.2) is 16.7 Å². The van der Waals surface area contributed by atoms with Crippen LogP contribution in [0.4, 0.5) is 0 Å². The van der Waals surface area contributed by atoms with E-state index in [4.69, 9.17) is 9.47 Å². The normalized spacial score (nSPS) is 10.6. The van der Waals surface area contributed by atoms with Gasteiger partial charge in [-0.15, -0.1) is 13.2 Å². The lowest BCUT2D eigenvalue weighted by Gasteiger charge is -2.19. The minimum Gasteiger partial charge on any atom is -0.493 e. The molecule has 0 aliphatic heterocycles. The van der Waals surface area contributed by atoms with Crippen LogP contribution < -0.4 is 15.0 Å². The minimum atomic E-state index is -0.230. The van der Waals surface area contributed by atoms with Gasteiger partial charge in [-0.1, -0.05) is 36.0 Å². The lowest BCUT2D eigenvalue weighted by atomic mass is 10.2. The minimum absolute atomic E-state index is 0.101. The summed E-state index contributed by atoms with van der Waals surface area (Å²) in [5.41, 5.74) is 0.903. The monoisotopic (exact) mass is 451 g/mol. The molecule has 2 aromatic carbocycles. The van der Waals surface area contributed by atoms with E-state index in [1.165, 1.54) is 23.4 Å². The highest BCUT2D eigenvalue weighted by molar-refractivity contribution is 7.99. The van der Waals surface area contributed by atoms with Crippen molar-refractivity contribution < 1.29 is 14.3 Å². The van der Waals surface area contributed by atoms with E-state index in [9.17, 15) is 9.59 Å². The van der Waals surface area contributed by atoms with Gasteiger partial charge < -0.3 is 14.4 Å². The Labute approximate surface area is 191 Å². The molecule has 8 heteroatoms. The number of benzene rings is 2. The Morgan fingerprint density at radius 3 is 2.44 bits per heavy atom. The molecular formula is C24H25N3O4S. The molecule has 0 aliphatic rings.